The Bertz CT molecular complexity index is 4180. The standard InChI is InChI=1S/C96H120N8O16/c1-13-17-25-37-61(5)73-49-65(9)81-77(53-97-93(109)101-89(105)69-41-29-21-30-42-69)85(73)117-57-113-82-66(10)50-74(62(6)38-26-18-14-2)86(78(82)54-98-94(110)102-90(106)70-43-31-22-32-44-70)119-59-115-84-68(12)52-76(64(8)40-28-20-16-4)88(80(84)56-100-96(112)104-92(108)72-47-35-24-36-48-72)120-60-116-83-67(11)51-75(63(7)39-27-19-15-3)87(118-58-114-81)79(83)55-99-95(111)103-91(107)71-45-33-23-34-46-71/h21-24,29-36,41-52,61-64H,13-20,25-28,37-40,53-60H2,1-12H3,(H2,97,101,105,109)(H2,98,102,106,110)(H2,99,103,107,111)(H2,100,104,108,112). The van der Waals surface area contributed by atoms with Crippen LogP contribution in [0.15, 0.2) is 146 Å². The van der Waals surface area contributed by atoms with Gasteiger partial charge in [-0.15, -0.1) is 0 Å². The predicted octanol–water partition coefficient (Wildman–Crippen LogP) is 20.2. The average molecular weight is 1640 g/mol. The zero-order valence-electron chi connectivity index (χ0n) is 71.7. The molecule has 1 aliphatic heterocycles. The third-order valence-electron chi connectivity index (χ3n) is 21.6. The molecule has 0 spiro atoms. The lowest BCUT2D eigenvalue weighted by molar-refractivity contribution is 0.0953. The molecule has 4 unspecified atom stereocenters. The maximum Gasteiger partial charge on any atom is 0.321 e. The summed E-state index contributed by atoms with van der Waals surface area (Å²) in [6.07, 6.45) is 14.1. The van der Waals surface area contributed by atoms with E-state index >= 15 is 0 Å². The number of carbonyl (C=O) groups is 8. The Morgan fingerprint density at radius 3 is 0.642 bits per heavy atom. The fourth-order valence-corrected chi connectivity index (χ4v) is 15.0. The van der Waals surface area contributed by atoms with Crippen molar-refractivity contribution in [3.8, 4) is 46.0 Å². The summed E-state index contributed by atoms with van der Waals surface area (Å²) in [5.74, 6) is -0.987. The molecule has 8 bridgehead atoms. The average Bonchev–Trinajstić information content (AvgIpc) is 0.785. The van der Waals surface area contributed by atoms with Crippen molar-refractivity contribution in [1.82, 2.24) is 42.5 Å². The highest BCUT2D eigenvalue weighted by molar-refractivity contribution is 6.06. The number of benzene rings is 8. The second kappa shape index (κ2) is 46.9. The van der Waals surface area contributed by atoms with Gasteiger partial charge in [-0.25, -0.2) is 19.2 Å². The number of ether oxygens (including phenoxy) is 8. The first-order valence-corrected chi connectivity index (χ1v) is 42.3. The Balaban J connectivity index is 1.28. The molecular formula is C96H120N8O16. The van der Waals surface area contributed by atoms with Crippen LogP contribution in [0.2, 0.25) is 0 Å². The van der Waals surface area contributed by atoms with E-state index in [4.69, 9.17) is 37.9 Å². The van der Waals surface area contributed by atoms with Gasteiger partial charge in [0.2, 0.25) is 27.2 Å². The Morgan fingerprint density at radius 1 is 0.275 bits per heavy atom. The van der Waals surface area contributed by atoms with Gasteiger partial charge in [-0.05, 0) is 194 Å². The molecule has 0 saturated carbocycles. The van der Waals surface area contributed by atoms with Crippen molar-refractivity contribution in [1.29, 1.82) is 0 Å². The van der Waals surface area contributed by atoms with Crippen molar-refractivity contribution in [3.63, 3.8) is 0 Å². The van der Waals surface area contributed by atoms with Crippen LogP contribution >= 0.6 is 0 Å². The second-order valence-electron chi connectivity index (χ2n) is 30.9. The van der Waals surface area contributed by atoms with Crippen molar-refractivity contribution < 1.29 is 76.3 Å². The third kappa shape index (κ3) is 26.0. The molecule has 0 saturated heterocycles. The van der Waals surface area contributed by atoms with Gasteiger partial charge in [-0.3, -0.25) is 40.4 Å². The SMILES string of the molecule is CCCCCC(C)c1cc(C)c2c(CNC(=O)NC(=O)c3ccccc3)c1OCOc1c(C)cc(C(C)CCCCC)c(c1CNC(=O)NC(=O)c1ccccc1)OCOc1c(C)cc(C(C)CCCCC)c(c1CNC(=O)NC(=O)c1ccccc1)OCOc1c(C)cc(C(C)CCCCC)c(c1CNC(=O)NC(=O)c1ccccc1)OCO2. The van der Waals surface area contributed by atoms with E-state index in [1.165, 1.54) is 0 Å². The van der Waals surface area contributed by atoms with Crippen LogP contribution < -0.4 is 80.4 Å². The zero-order valence-corrected chi connectivity index (χ0v) is 71.7. The van der Waals surface area contributed by atoms with Crippen LogP contribution in [0.25, 0.3) is 0 Å². The molecule has 12 amide bonds. The van der Waals surface area contributed by atoms with Gasteiger partial charge in [0.05, 0.1) is 48.4 Å². The van der Waals surface area contributed by atoms with Crippen LogP contribution in [-0.2, 0) is 26.2 Å². The van der Waals surface area contributed by atoms with Crippen LogP contribution in [0.5, 0.6) is 46.0 Å². The van der Waals surface area contributed by atoms with E-state index in [9.17, 15) is 38.4 Å². The van der Waals surface area contributed by atoms with E-state index in [0.717, 1.165) is 125 Å². The summed E-state index contributed by atoms with van der Waals surface area (Å²) in [6, 6.07) is 38.2. The lowest BCUT2D eigenvalue weighted by Gasteiger charge is -2.28. The highest BCUT2D eigenvalue weighted by Gasteiger charge is 2.32. The first-order chi connectivity index (χ1) is 58.0. The summed E-state index contributed by atoms with van der Waals surface area (Å²) in [5, 5.41) is 21.7. The molecule has 0 aromatic heterocycles. The van der Waals surface area contributed by atoms with Gasteiger partial charge in [-0.1, -0.05) is 205 Å². The first-order valence-electron chi connectivity index (χ1n) is 42.3. The van der Waals surface area contributed by atoms with Crippen molar-refractivity contribution in [2.75, 3.05) is 27.2 Å². The number of hydrogen-bond donors (Lipinski definition) is 8. The normalized spacial score (nSPS) is 13.0. The minimum atomic E-state index is -0.813. The van der Waals surface area contributed by atoms with E-state index in [1.807, 2.05) is 52.0 Å². The van der Waals surface area contributed by atoms with Crippen molar-refractivity contribution in [2.45, 2.75) is 236 Å². The summed E-state index contributed by atoms with van der Waals surface area (Å²) in [6.45, 7) is 21.5. The lowest BCUT2D eigenvalue weighted by Crippen LogP contribution is -2.39. The summed E-state index contributed by atoms with van der Waals surface area (Å²) in [4.78, 5) is 112. The number of hydrogen-bond acceptors (Lipinski definition) is 16. The van der Waals surface area contributed by atoms with Gasteiger partial charge in [0.1, 0.15) is 46.0 Å². The number of fused-ring (bicyclic) bond motifs is 8. The summed E-state index contributed by atoms with van der Waals surface area (Å²) >= 11 is 0. The number of rotatable bonds is 32. The molecule has 1 heterocycles. The smallest absolute Gasteiger partial charge is 0.321 e. The fraction of sp³-hybridized carbons (Fsp3) is 0.417. The maximum absolute atomic E-state index is 14.3. The molecule has 0 fully saturated rings. The minimum Gasteiger partial charge on any atom is -0.457 e. The van der Waals surface area contributed by atoms with E-state index in [0.29, 0.717) is 67.5 Å². The number of aryl methyl sites for hydroxylation is 4. The fourth-order valence-electron chi connectivity index (χ4n) is 15.0. The molecule has 640 valence electrons. The van der Waals surface area contributed by atoms with E-state index in [-0.39, 0.29) is 95.1 Å². The van der Waals surface area contributed by atoms with Crippen molar-refractivity contribution in [2.24, 2.45) is 0 Å². The number of amides is 12. The van der Waals surface area contributed by atoms with Crippen LogP contribution in [-0.4, -0.2) is 74.9 Å². The van der Waals surface area contributed by atoms with Gasteiger partial charge in [0.15, 0.2) is 0 Å². The quantitative estimate of drug-likeness (QED) is 0.0182. The van der Waals surface area contributed by atoms with Crippen LogP contribution in [0.3, 0.4) is 0 Å². The molecule has 24 nitrogen and oxygen atoms in total. The van der Waals surface area contributed by atoms with Crippen LogP contribution in [0, 0.1) is 27.7 Å². The second-order valence-corrected chi connectivity index (χ2v) is 30.9. The number of unbranched alkanes of at least 4 members (excludes halogenated alkanes) is 8. The van der Waals surface area contributed by atoms with Crippen molar-refractivity contribution in [3.05, 3.63) is 235 Å². The molecule has 120 heavy (non-hydrogen) atoms. The number of nitrogens with one attached hydrogen (secondary N) is 8. The molecule has 4 atom stereocenters. The monoisotopic (exact) mass is 1640 g/mol. The van der Waals surface area contributed by atoms with Crippen LogP contribution in [0.1, 0.15) is 290 Å². The maximum atomic E-state index is 14.3. The molecule has 24 heteroatoms. The number of imide groups is 4. The Labute approximate surface area is 706 Å². The Hall–Kier alpha value is -12.1. The Morgan fingerprint density at radius 2 is 0.458 bits per heavy atom. The van der Waals surface area contributed by atoms with Gasteiger partial charge in [-0.2, -0.15) is 0 Å². The molecule has 0 radical (unpaired) electrons. The van der Waals surface area contributed by atoms with Gasteiger partial charge < -0.3 is 59.2 Å². The highest BCUT2D eigenvalue weighted by atomic mass is 16.7. The van der Waals surface area contributed by atoms with E-state index in [1.54, 1.807) is 121 Å². The lowest BCUT2D eigenvalue weighted by atomic mass is 9.90. The molecule has 1 aliphatic rings. The molecule has 8 N–H and O–H groups in total. The molecule has 9 rings (SSSR count). The predicted molar refractivity (Wildman–Crippen MR) is 464 cm³/mol. The highest BCUT2D eigenvalue weighted by Crippen LogP contribution is 2.47. The number of urea groups is 4. The number of carbonyl (C=O) groups excluding carboxylic acids is 8. The van der Waals surface area contributed by atoms with Crippen molar-refractivity contribution >= 4 is 47.8 Å². The Kier molecular flexibility index (Phi) is 35.9. The van der Waals surface area contributed by atoms with Gasteiger partial charge in [0, 0.05) is 22.3 Å². The summed E-state index contributed by atoms with van der Waals surface area (Å²) < 4.78 is 56.5. The third-order valence-corrected chi connectivity index (χ3v) is 21.6. The topological polar surface area (TPSA) is 307 Å². The van der Waals surface area contributed by atoms with Gasteiger partial charge in [0.25, 0.3) is 23.6 Å². The summed E-state index contributed by atoms with van der Waals surface area (Å²) in [7, 11) is 0. The molecule has 8 aromatic rings. The van der Waals surface area contributed by atoms with Gasteiger partial charge >= 0.3 is 24.1 Å². The molecule has 8 aromatic carbocycles. The molecule has 0 aliphatic carbocycles. The first kappa shape index (κ1) is 91.8. The van der Waals surface area contributed by atoms with E-state index in [2.05, 4.69) is 97.9 Å². The van der Waals surface area contributed by atoms with E-state index < -0.39 is 74.9 Å². The zero-order chi connectivity index (χ0) is 86.0. The largest absolute Gasteiger partial charge is 0.457 e. The summed E-state index contributed by atoms with van der Waals surface area (Å²) in [5.41, 5.74) is 8.06. The molecular weight excluding hydrogens is 1520 g/mol. The van der Waals surface area contributed by atoms with Crippen LogP contribution in [0.4, 0.5) is 19.2 Å². The minimum absolute atomic E-state index is 0.161.